The summed E-state index contributed by atoms with van der Waals surface area (Å²) < 4.78 is 16.9. The van der Waals surface area contributed by atoms with Crippen LogP contribution in [0.3, 0.4) is 0 Å². The first kappa shape index (κ1) is 27.5. The van der Waals surface area contributed by atoms with Gasteiger partial charge in [0.15, 0.2) is 5.75 Å². The van der Waals surface area contributed by atoms with Gasteiger partial charge in [0.1, 0.15) is 22.4 Å². The highest BCUT2D eigenvalue weighted by Gasteiger charge is 2.10. The minimum atomic E-state index is -0.657. The molecule has 5 nitrogen and oxygen atoms in total. The predicted octanol–water partition coefficient (Wildman–Crippen LogP) is 8.08. The number of unbranched alkanes of at least 4 members (excludes halogenated alkanes) is 1. The fourth-order valence-corrected chi connectivity index (χ4v) is 3.10. The Morgan fingerprint density at radius 2 is 1.58 bits per heavy atom. The Kier molecular flexibility index (Phi) is 12.6. The summed E-state index contributed by atoms with van der Waals surface area (Å²) in [6.07, 6.45) is 7.15. The second kappa shape index (κ2) is 15.2. The minimum absolute atomic E-state index is 0.108. The lowest BCUT2D eigenvalue weighted by molar-refractivity contribution is 0.0712. The van der Waals surface area contributed by atoms with Gasteiger partial charge >= 0.3 is 0 Å². The van der Waals surface area contributed by atoms with Crippen LogP contribution < -0.4 is 14.2 Å². The van der Waals surface area contributed by atoms with E-state index in [9.17, 15) is 0 Å². The topological polar surface area (TPSA) is 49.3 Å². The van der Waals surface area contributed by atoms with Gasteiger partial charge in [0.2, 0.25) is 0 Å². The van der Waals surface area contributed by atoms with Crippen LogP contribution in [0.4, 0.5) is 0 Å². The SMILES string of the molecule is CCC(C)ON=Cc1ccc(OCCCCOc2c(Cl)cc(OC=CC(Cl)Cl)cc2Cl)cc1. The highest BCUT2D eigenvalue weighted by atomic mass is 35.5. The van der Waals surface area contributed by atoms with E-state index in [1.165, 1.54) is 12.3 Å². The zero-order valence-corrected chi connectivity index (χ0v) is 21.5. The van der Waals surface area contributed by atoms with Crippen LogP contribution in [0.5, 0.6) is 17.2 Å². The first-order valence-electron chi connectivity index (χ1n) is 10.5. The molecule has 0 radical (unpaired) electrons. The van der Waals surface area contributed by atoms with Crippen LogP contribution in [0.15, 0.2) is 53.9 Å². The number of allylic oxidation sites excluding steroid dienone is 1. The van der Waals surface area contributed by atoms with E-state index in [1.54, 1.807) is 18.3 Å². The standard InChI is InChI=1S/C24H27Cl4NO4/c1-3-17(2)33-29-16-18-6-8-19(9-7-18)30-11-4-5-12-32-24-21(25)14-20(15-22(24)26)31-13-10-23(27)28/h6-10,13-17,23H,3-5,11-12H2,1-2H3. The Bertz CT molecular complexity index is 881. The van der Waals surface area contributed by atoms with E-state index in [0.29, 0.717) is 34.8 Å². The van der Waals surface area contributed by atoms with Crippen molar-refractivity contribution in [3.63, 3.8) is 0 Å². The maximum atomic E-state index is 6.26. The molecule has 0 aromatic heterocycles. The molecule has 1 unspecified atom stereocenters. The van der Waals surface area contributed by atoms with Crippen molar-refractivity contribution in [3.8, 4) is 17.2 Å². The van der Waals surface area contributed by atoms with E-state index >= 15 is 0 Å². The zero-order valence-electron chi connectivity index (χ0n) is 18.5. The van der Waals surface area contributed by atoms with Crippen LogP contribution in [0, 0.1) is 0 Å². The van der Waals surface area contributed by atoms with Crippen molar-refractivity contribution in [3.05, 3.63) is 64.3 Å². The third-order valence-corrected chi connectivity index (χ3v) is 5.20. The van der Waals surface area contributed by atoms with Crippen LogP contribution in [-0.4, -0.2) is 30.4 Å². The molecule has 0 N–H and O–H groups in total. The van der Waals surface area contributed by atoms with Gasteiger partial charge in [-0.1, -0.05) is 35.3 Å². The van der Waals surface area contributed by atoms with Crippen molar-refractivity contribution >= 4 is 52.6 Å². The van der Waals surface area contributed by atoms with Crippen LogP contribution in [0.1, 0.15) is 38.7 Å². The molecule has 1 atom stereocenters. The van der Waals surface area contributed by atoms with Crippen LogP contribution in [-0.2, 0) is 4.84 Å². The molecule has 0 amide bonds. The predicted molar refractivity (Wildman–Crippen MR) is 137 cm³/mol. The Balaban J connectivity index is 1.69. The number of rotatable bonds is 14. The quantitative estimate of drug-likeness (QED) is 0.0807. The van der Waals surface area contributed by atoms with Crippen LogP contribution >= 0.6 is 46.4 Å². The smallest absolute Gasteiger partial charge is 0.156 e. The average Bonchev–Trinajstić information content (AvgIpc) is 2.78. The molecular formula is C24H27Cl4NO4. The molecule has 2 rings (SSSR count). The summed E-state index contributed by atoms with van der Waals surface area (Å²) in [5.41, 5.74) is 0.947. The fourth-order valence-electron chi connectivity index (χ4n) is 2.41. The lowest BCUT2D eigenvalue weighted by Gasteiger charge is -2.12. The van der Waals surface area contributed by atoms with Gasteiger partial charge in [-0.2, -0.15) is 0 Å². The normalized spacial score (nSPS) is 12.5. The molecule has 0 saturated carbocycles. The van der Waals surface area contributed by atoms with Crippen LogP contribution in [0.2, 0.25) is 10.0 Å². The first-order chi connectivity index (χ1) is 15.9. The summed E-state index contributed by atoms with van der Waals surface area (Å²) in [5.74, 6) is 1.66. The Morgan fingerprint density at radius 3 is 2.18 bits per heavy atom. The van der Waals surface area contributed by atoms with Gasteiger partial charge in [-0.3, -0.25) is 0 Å². The Morgan fingerprint density at radius 1 is 0.939 bits per heavy atom. The van der Waals surface area contributed by atoms with Crippen molar-refractivity contribution in [1.82, 2.24) is 0 Å². The summed E-state index contributed by atoms with van der Waals surface area (Å²) in [5, 5.41) is 4.69. The molecule has 0 aliphatic carbocycles. The molecule has 2 aromatic rings. The third-order valence-electron chi connectivity index (χ3n) is 4.35. The Hall–Kier alpha value is -1.79. The maximum absolute atomic E-state index is 6.26. The van der Waals surface area contributed by atoms with Gasteiger partial charge < -0.3 is 19.0 Å². The number of halogens is 4. The van der Waals surface area contributed by atoms with E-state index in [2.05, 4.69) is 12.1 Å². The highest BCUT2D eigenvalue weighted by Crippen LogP contribution is 2.37. The van der Waals surface area contributed by atoms with Gasteiger partial charge in [0.25, 0.3) is 0 Å². The van der Waals surface area contributed by atoms with E-state index in [1.807, 2.05) is 31.2 Å². The molecule has 180 valence electrons. The summed E-state index contributed by atoms with van der Waals surface area (Å²) >= 11 is 23.7. The lowest BCUT2D eigenvalue weighted by Crippen LogP contribution is -2.03. The number of alkyl halides is 2. The summed E-state index contributed by atoms with van der Waals surface area (Å²) in [7, 11) is 0. The molecule has 0 bridgehead atoms. The second-order valence-corrected chi connectivity index (χ2v) is 9.01. The van der Waals surface area contributed by atoms with Gasteiger partial charge in [0.05, 0.1) is 35.7 Å². The zero-order chi connectivity index (χ0) is 24.1. The summed E-state index contributed by atoms with van der Waals surface area (Å²) in [4.78, 5) is 4.64. The second-order valence-electron chi connectivity index (χ2n) is 7.03. The maximum Gasteiger partial charge on any atom is 0.156 e. The first-order valence-corrected chi connectivity index (χ1v) is 12.2. The van der Waals surface area contributed by atoms with Crippen molar-refractivity contribution < 1.29 is 19.0 Å². The number of ether oxygens (including phenoxy) is 3. The third kappa shape index (κ3) is 10.8. The molecule has 33 heavy (non-hydrogen) atoms. The number of hydrogen-bond donors (Lipinski definition) is 0. The van der Waals surface area contributed by atoms with Gasteiger partial charge in [-0.15, -0.1) is 23.2 Å². The summed E-state index contributed by atoms with van der Waals surface area (Å²) in [6.45, 7) is 5.05. The monoisotopic (exact) mass is 533 g/mol. The average molecular weight is 535 g/mol. The number of hydrogen-bond acceptors (Lipinski definition) is 5. The number of nitrogens with zero attached hydrogens (tertiary/aromatic N) is 1. The minimum Gasteiger partial charge on any atom is -0.494 e. The fraction of sp³-hybridized carbons (Fsp3) is 0.375. The molecule has 0 saturated heterocycles. The van der Waals surface area contributed by atoms with Gasteiger partial charge in [-0.25, -0.2) is 0 Å². The molecule has 2 aromatic carbocycles. The number of oxime groups is 1. The van der Waals surface area contributed by atoms with Crippen molar-refractivity contribution in [2.24, 2.45) is 5.16 Å². The van der Waals surface area contributed by atoms with E-state index < -0.39 is 4.84 Å². The number of benzene rings is 2. The largest absolute Gasteiger partial charge is 0.494 e. The highest BCUT2D eigenvalue weighted by molar-refractivity contribution is 6.45. The molecular weight excluding hydrogens is 508 g/mol. The molecule has 0 heterocycles. The van der Waals surface area contributed by atoms with Crippen molar-refractivity contribution in [1.29, 1.82) is 0 Å². The van der Waals surface area contributed by atoms with Crippen molar-refractivity contribution in [2.45, 2.75) is 44.1 Å². The Labute approximate surface area is 215 Å². The molecule has 0 aliphatic heterocycles. The van der Waals surface area contributed by atoms with E-state index in [0.717, 1.165) is 30.6 Å². The van der Waals surface area contributed by atoms with Crippen LogP contribution in [0.25, 0.3) is 0 Å². The summed E-state index contributed by atoms with van der Waals surface area (Å²) in [6, 6.07) is 10.9. The molecule has 0 aliphatic rings. The lowest BCUT2D eigenvalue weighted by atomic mass is 10.2. The molecule has 0 fully saturated rings. The van der Waals surface area contributed by atoms with Gasteiger partial charge in [-0.05, 0) is 62.1 Å². The van der Waals surface area contributed by atoms with Crippen molar-refractivity contribution in [2.75, 3.05) is 13.2 Å². The molecule has 0 spiro atoms. The van der Waals surface area contributed by atoms with Gasteiger partial charge in [0, 0.05) is 12.1 Å². The van der Waals surface area contributed by atoms with E-state index in [4.69, 9.17) is 65.5 Å². The van der Waals surface area contributed by atoms with E-state index in [-0.39, 0.29) is 6.10 Å². The molecule has 9 heteroatoms.